The van der Waals surface area contributed by atoms with Crippen molar-refractivity contribution in [3.63, 3.8) is 0 Å². The van der Waals surface area contributed by atoms with Gasteiger partial charge in [0, 0.05) is 19.6 Å². The number of fused-ring (bicyclic) bond motifs is 1. The molecule has 2 heterocycles. The molecule has 0 aliphatic carbocycles. The number of morpholine rings is 1. The molecule has 1 fully saturated rings. The van der Waals surface area contributed by atoms with Crippen LogP contribution in [-0.4, -0.2) is 67.7 Å². The number of nitrogens with zero attached hydrogens (tertiary/aromatic N) is 1. The van der Waals surface area contributed by atoms with E-state index in [0.717, 1.165) is 41.5 Å². The van der Waals surface area contributed by atoms with E-state index in [4.69, 9.17) is 34.0 Å². The largest absolute Gasteiger partial charge is 0.473 e. The van der Waals surface area contributed by atoms with E-state index in [0.29, 0.717) is 19.8 Å². The van der Waals surface area contributed by atoms with Crippen LogP contribution in [-0.2, 0) is 25.7 Å². The second kappa shape index (κ2) is 11.7. The van der Waals surface area contributed by atoms with Gasteiger partial charge in [-0.2, -0.15) is 0 Å². The lowest BCUT2D eigenvalue weighted by Gasteiger charge is -2.30. The molecule has 1 saturated heterocycles. The number of carbonyl (C=O) groups excluding carboxylic acids is 1. The van der Waals surface area contributed by atoms with E-state index in [1.165, 1.54) is 0 Å². The van der Waals surface area contributed by atoms with Gasteiger partial charge < -0.3 is 40.0 Å². The summed E-state index contributed by atoms with van der Waals surface area (Å²) in [7, 11) is 0. The van der Waals surface area contributed by atoms with Crippen LogP contribution in [0.15, 0.2) is 42.5 Å². The standard InChI is InChI=1S/C20H23N3O4.C2H2O4/c24-20(13-21-12-15-5-6-18-19(11-15)27-14-26-18)22-16-3-1-2-4-17(16)23-7-9-25-10-8-23;3-1(4)2(5)6/h1-6,11,21H,7-10,12-14H2,(H,22,24);(H,3,4)(H,5,6). The summed E-state index contributed by atoms with van der Waals surface area (Å²) < 4.78 is 16.1. The lowest BCUT2D eigenvalue weighted by atomic mass is 10.2. The highest BCUT2D eigenvalue weighted by molar-refractivity contribution is 6.27. The van der Waals surface area contributed by atoms with Crippen molar-refractivity contribution >= 4 is 29.2 Å². The Hall–Kier alpha value is -3.83. The van der Waals surface area contributed by atoms with E-state index in [1.807, 2.05) is 42.5 Å². The third kappa shape index (κ3) is 7.09. The fourth-order valence-corrected chi connectivity index (χ4v) is 3.23. The van der Waals surface area contributed by atoms with Crippen LogP contribution in [0.2, 0.25) is 0 Å². The Labute approximate surface area is 189 Å². The lowest BCUT2D eigenvalue weighted by molar-refractivity contribution is -0.159. The second-order valence-electron chi connectivity index (χ2n) is 7.07. The number of hydrogen-bond acceptors (Lipinski definition) is 8. The van der Waals surface area contributed by atoms with Gasteiger partial charge in [-0.25, -0.2) is 9.59 Å². The van der Waals surface area contributed by atoms with Crippen molar-refractivity contribution < 1.29 is 38.8 Å². The molecule has 11 nitrogen and oxygen atoms in total. The highest BCUT2D eigenvalue weighted by Gasteiger charge is 2.16. The first kappa shape index (κ1) is 23.8. The number of benzene rings is 2. The molecule has 2 aromatic carbocycles. The molecule has 11 heteroatoms. The zero-order valence-corrected chi connectivity index (χ0v) is 17.8. The Morgan fingerprint density at radius 2 is 1.64 bits per heavy atom. The molecule has 2 aliphatic rings. The fraction of sp³-hybridized carbons (Fsp3) is 0.318. The molecule has 0 spiro atoms. The first-order valence-electron chi connectivity index (χ1n) is 10.2. The number of carbonyl (C=O) groups is 3. The van der Waals surface area contributed by atoms with Gasteiger partial charge in [0.1, 0.15) is 0 Å². The van der Waals surface area contributed by atoms with Gasteiger partial charge in [0.15, 0.2) is 11.5 Å². The Balaban J connectivity index is 0.000000454. The van der Waals surface area contributed by atoms with Crippen LogP contribution in [0.25, 0.3) is 0 Å². The Morgan fingerprint density at radius 3 is 2.36 bits per heavy atom. The molecule has 4 rings (SSSR count). The van der Waals surface area contributed by atoms with Gasteiger partial charge in [-0.1, -0.05) is 18.2 Å². The molecular weight excluding hydrogens is 434 g/mol. The molecule has 4 N–H and O–H groups in total. The van der Waals surface area contributed by atoms with Crippen LogP contribution in [0.4, 0.5) is 11.4 Å². The summed E-state index contributed by atoms with van der Waals surface area (Å²) in [6, 6.07) is 13.7. The van der Waals surface area contributed by atoms with Crippen LogP contribution in [0.5, 0.6) is 11.5 Å². The monoisotopic (exact) mass is 459 g/mol. The van der Waals surface area contributed by atoms with Gasteiger partial charge in [0.25, 0.3) is 0 Å². The molecule has 0 bridgehead atoms. The predicted molar refractivity (Wildman–Crippen MR) is 118 cm³/mol. The minimum Gasteiger partial charge on any atom is -0.473 e. The second-order valence-corrected chi connectivity index (χ2v) is 7.07. The third-order valence-corrected chi connectivity index (χ3v) is 4.76. The van der Waals surface area contributed by atoms with Gasteiger partial charge >= 0.3 is 11.9 Å². The fourth-order valence-electron chi connectivity index (χ4n) is 3.23. The predicted octanol–water partition coefficient (Wildman–Crippen LogP) is 1.14. The van der Waals surface area contributed by atoms with Crippen LogP contribution in [0.3, 0.4) is 0 Å². The van der Waals surface area contributed by atoms with Crippen molar-refractivity contribution in [3.05, 3.63) is 48.0 Å². The zero-order chi connectivity index (χ0) is 23.6. The minimum absolute atomic E-state index is 0.0727. The van der Waals surface area contributed by atoms with Crippen molar-refractivity contribution in [1.29, 1.82) is 0 Å². The molecule has 176 valence electrons. The number of para-hydroxylation sites is 2. The average Bonchev–Trinajstić information content (AvgIpc) is 3.28. The topological polar surface area (TPSA) is 147 Å². The Morgan fingerprint density at radius 1 is 0.939 bits per heavy atom. The van der Waals surface area contributed by atoms with Gasteiger partial charge in [-0.3, -0.25) is 4.79 Å². The normalized spacial score (nSPS) is 14.1. The summed E-state index contributed by atoms with van der Waals surface area (Å²) in [6.45, 7) is 4.14. The van der Waals surface area contributed by atoms with Crippen molar-refractivity contribution in [1.82, 2.24) is 5.32 Å². The number of carboxylic acid groups (broad SMARTS) is 2. The number of nitrogens with one attached hydrogen (secondary N) is 2. The molecule has 33 heavy (non-hydrogen) atoms. The summed E-state index contributed by atoms with van der Waals surface area (Å²) in [5.41, 5.74) is 2.90. The number of amides is 1. The summed E-state index contributed by atoms with van der Waals surface area (Å²) in [5, 5.41) is 21.0. The molecule has 2 aliphatic heterocycles. The van der Waals surface area contributed by atoms with E-state index >= 15 is 0 Å². The third-order valence-electron chi connectivity index (χ3n) is 4.76. The molecule has 1 amide bonds. The van der Waals surface area contributed by atoms with Crippen molar-refractivity contribution in [2.24, 2.45) is 0 Å². The number of hydrogen-bond donors (Lipinski definition) is 4. The molecule has 0 saturated carbocycles. The summed E-state index contributed by atoms with van der Waals surface area (Å²) in [5.74, 6) is -2.21. The van der Waals surface area contributed by atoms with E-state index in [1.54, 1.807) is 0 Å². The van der Waals surface area contributed by atoms with E-state index < -0.39 is 11.9 Å². The highest BCUT2D eigenvalue weighted by atomic mass is 16.7. The van der Waals surface area contributed by atoms with Gasteiger partial charge in [0.05, 0.1) is 31.1 Å². The molecular formula is C22H25N3O8. The first-order valence-corrected chi connectivity index (χ1v) is 10.2. The Kier molecular flexibility index (Phi) is 8.44. The van der Waals surface area contributed by atoms with E-state index in [-0.39, 0.29) is 19.2 Å². The molecule has 2 aromatic rings. The maximum Gasteiger partial charge on any atom is 0.414 e. The van der Waals surface area contributed by atoms with Crippen LogP contribution < -0.4 is 25.0 Å². The van der Waals surface area contributed by atoms with Crippen LogP contribution in [0.1, 0.15) is 5.56 Å². The number of carboxylic acids is 2. The zero-order valence-electron chi connectivity index (χ0n) is 17.8. The minimum atomic E-state index is -1.82. The quantitative estimate of drug-likeness (QED) is 0.464. The summed E-state index contributed by atoms with van der Waals surface area (Å²) >= 11 is 0. The summed E-state index contributed by atoms with van der Waals surface area (Å²) in [6.07, 6.45) is 0. The SMILES string of the molecule is O=C(CNCc1ccc2c(c1)OCO2)Nc1ccccc1N1CCOCC1.O=C(O)C(=O)O. The smallest absolute Gasteiger partial charge is 0.414 e. The average molecular weight is 459 g/mol. The van der Waals surface area contributed by atoms with Gasteiger partial charge in [0.2, 0.25) is 12.7 Å². The van der Waals surface area contributed by atoms with Crippen LogP contribution in [0, 0.1) is 0 Å². The highest BCUT2D eigenvalue weighted by Crippen LogP contribution is 2.32. The number of aliphatic carboxylic acids is 2. The molecule has 0 unspecified atom stereocenters. The summed E-state index contributed by atoms with van der Waals surface area (Å²) in [4.78, 5) is 32.8. The van der Waals surface area contributed by atoms with Crippen molar-refractivity contribution in [2.75, 3.05) is 49.9 Å². The first-order chi connectivity index (χ1) is 15.9. The number of ether oxygens (including phenoxy) is 3. The molecule has 0 aromatic heterocycles. The van der Waals surface area contributed by atoms with Gasteiger partial charge in [-0.15, -0.1) is 0 Å². The Bertz CT molecular complexity index is 979. The maximum absolute atomic E-state index is 12.4. The maximum atomic E-state index is 12.4. The lowest BCUT2D eigenvalue weighted by Crippen LogP contribution is -2.37. The van der Waals surface area contributed by atoms with Crippen molar-refractivity contribution in [3.8, 4) is 11.5 Å². The van der Waals surface area contributed by atoms with E-state index in [2.05, 4.69) is 15.5 Å². The van der Waals surface area contributed by atoms with Crippen LogP contribution >= 0.6 is 0 Å². The number of rotatable bonds is 6. The number of anilines is 2. The molecule has 0 atom stereocenters. The van der Waals surface area contributed by atoms with E-state index in [9.17, 15) is 4.79 Å². The van der Waals surface area contributed by atoms with Gasteiger partial charge in [-0.05, 0) is 29.8 Å². The van der Waals surface area contributed by atoms with Crippen molar-refractivity contribution in [2.45, 2.75) is 6.54 Å². The molecule has 0 radical (unpaired) electrons.